The second-order valence-corrected chi connectivity index (χ2v) is 8.31. The molecule has 0 atom stereocenters. The van der Waals surface area contributed by atoms with Gasteiger partial charge in [0.05, 0.1) is 12.2 Å². The molecule has 1 fully saturated rings. The lowest BCUT2D eigenvalue weighted by atomic mass is 10.1. The molecule has 30 heavy (non-hydrogen) atoms. The number of hydrogen-bond acceptors (Lipinski definition) is 6. The minimum absolute atomic E-state index is 0.115. The smallest absolute Gasteiger partial charge is 0.251 e. The van der Waals surface area contributed by atoms with Crippen LogP contribution in [0.4, 0.5) is 16.2 Å². The molecule has 0 saturated carbocycles. The summed E-state index contributed by atoms with van der Waals surface area (Å²) in [5.74, 6) is 0.243. The van der Waals surface area contributed by atoms with E-state index in [9.17, 15) is 9.18 Å². The fraction of sp³-hybridized carbons (Fsp3) is 0.318. The Morgan fingerprint density at radius 3 is 2.60 bits per heavy atom. The topological polar surface area (TPSA) is 70.2 Å². The van der Waals surface area contributed by atoms with Gasteiger partial charge in [0.1, 0.15) is 0 Å². The van der Waals surface area contributed by atoms with E-state index in [4.69, 9.17) is 0 Å². The molecule has 0 aliphatic carbocycles. The number of carbonyl (C=O) groups excluding carboxylic acids is 1. The Bertz CT molecular complexity index is 1000. The van der Waals surface area contributed by atoms with Gasteiger partial charge < -0.3 is 15.5 Å². The zero-order valence-electron chi connectivity index (χ0n) is 16.8. The summed E-state index contributed by atoms with van der Waals surface area (Å²) in [7, 11) is 0. The SMILES string of the molecule is Cc1nc(N2CCCC2)nc(NCc2ccc(C(=O)NCc3cccs3)cc2)c1F. The van der Waals surface area contributed by atoms with Gasteiger partial charge in [-0.15, -0.1) is 11.3 Å². The monoisotopic (exact) mass is 425 g/mol. The number of carbonyl (C=O) groups is 1. The molecule has 6 nitrogen and oxygen atoms in total. The van der Waals surface area contributed by atoms with Crippen molar-refractivity contribution in [2.45, 2.75) is 32.9 Å². The van der Waals surface area contributed by atoms with Crippen LogP contribution in [0.3, 0.4) is 0 Å². The third-order valence-electron chi connectivity index (χ3n) is 5.07. The van der Waals surface area contributed by atoms with Crippen LogP contribution in [0.5, 0.6) is 0 Å². The van der Waals surface area contributed by atoms with Crippen LogP contribution in [0.2, 0.25) is 0 Å². The predicted molar refractivity (Wildman–Crippen MR) is 117 cm³/mol. The van der Waals surface area contributed by atoms with Gasteiger partial charge in [-0.1, -0.05) is 18.2 Å². The lowest BCUT2D eigenvalue weighted by molar-refractivity contribution is 0.0951. The molecule has 1 amide bonds. The molecule has 0 radical (unpaired) electrons. The molecule has 0 unspecified atom stereocenters. The molecule has 0 bridgehead atoms. The number of nitrogens with zero attached hydrogens (tertiary/aromatic N) is 3. The normalized spacial score (nSPS) is 13.5. The molecular weight excluding hydrogens is 401 g/mol. The molecule has 1 aromatic carbocycles. The van der Waals surface area contributed by atoms with Crippen molar-refractivity contribution in [3.05, 3.63) is 69.3 Å². The van der Waals surface area contributed by atoms with Crippen molar-refractivity contribution in [1.82, 2.24) is 15.3 Å². The first-order chi connectivity index (χ1) is 14.6. The Kier molecular flexibility index (Phi) is 6.23. The van der Waals surface area contributed by atoms with Crippen molar-refractivity contribution < 1.29 is 9.18 Å². The second-order valence-electron chi connectivity index (χ2n) is 7.28. The Morgan fingerprint density at radius 1 is 1.13 bits per heavy atom. The average Bonchev–Trinajstić information content (AvgIpc) is 3.47. The van der Waals surface area contributed by atoms with Gasteiger partial charge in [0.15, 0.2) is 11.6 Å². The Balaban J connectivity index is 1.37. The largest absolute Gasteiger partial charge is 0.363 e. The van der Waals surface area contributed by atoms with Crippen LogP contribution in [-0.2, 0) is 13.1 Å². The van der Waals surface area contributed by atoms with Crippen molar-refractivity contribution in [1.29, 1.82) is 0 Å². The summed E-state index contributed by atoms with van der Waals surface area (Å²) in [5, 5.41) is 7.97. The number of rotatable bonds is 7. The highest BCUT2D eigenvalue weighted by molar-refractivity contribution is 7.09. The van der Waals surface area contributed by atoms with E-state index in [-0.39, 0.29) is 11.7 Å². The molecule has 1 aliphatic rings. The highest BCUT2D eigenvalue weighted by Crippen LogP contribution is 2.22. The van der Waals surface area contributed by atoms with E-state index in [0.29, 0.717) is 30.3 Å². The number of aryl methyl sites for hydroxylation is 1. The van der Waals surface area contributed by atoms with Crippen LogP contribution in [0, 0.1) is 12.7 Å². The maximum Gasteiger partial charge on any atom is 0.251 e. The first-order valence-electron chi connectivity index (χ1n) is 10.0. The summed E-state index contributed by atoms with van der Waals surface area (Å²) in [4.78, 5) is 24.2. The van der Waals surface area contributed by atoms with E-state index < -0.39 is 5.82 Å². The van der Waals surface area contributed by atoms with Crippen molar-refractivity contribution in [2.24, 2.45) is 0 Å². The number of hydrogen-bond donors (Lipinski definition) is 2. The van der Waals surface area contributed by atoms with Crippen LogP contribution in [0.1, 0.15) is 39.3 Å². The highest BCUT2D eigenvalue weighted by Gasteiger charge is 2.19. The second kappa shape index (κ2) is 9.21. The molecule has 3 aromatic rings. The molecule has 2 aromatic heterocycles. The Morgan fingerprint density at radius 2 is 1.90 bits per heavy atom. The summed E-state index contributed by atoms with van der Waals surface area (Å²) in [6.07, 6.45) is 2.21. The standard InChI is InChI=1S/C22H24FN5OS/c1-15-19(23)20(27-22(26-15)28-10-2-3-11-28)24-13-16-6-8-17(9-7-16)21(29)25-14-18-5-4-12-30-18/h4-9,12H,2-3,10-11,13-14H2,1H3,(H,25,29)(H,24,26,27). The molecule has 3 heterocycles. The number of amides is 1. The summed E-state index contributed by atoms with van der Waals surface area (Å²) >= 11 is 1.61. The summed E-state index contributed by atoms with van der Waals surface area (Å²) in [6.45, 7) is 4.39. The molecule has 156 valence electrons. The van der Waals surface area contributed by atoms with E-state index in [2.05, 4.69) is 25.5 Å². The number of anilines is 2. The lowest BCUT2D eigenvalue weighted by Crippen LogP contribution is -2.22. The fourth-order valence-corrected chi connectivity index (χ4v) is 4.01. The minimum Gasteiger partial charge on any atom is -0.363 e. The van der Waals surface area contributed by atoms with E-state index in [1.807, 2.05) is 29.6 Å². The average molecular weight is 426 g/mol. The molecule has 2 N–H and O–H groups in total. The van der Waals surface area contributed by atoms with Gasteiger partial charge in [-0.25, -0.2) is 9.37 Å². The van der Waals surface area contributed by atoms with Crippen LogP contribution in [0.15, 0.2) is 41.8 Å². The fourth-order valence-electron chi connectivity index (χ4n) is 3.36. The van der Waals surface area contributed by atoms with Gasteiger partial charge >= 0.3 is 0 Å². The summed E-state index contributed by atoms with van der Waals surface area (Å²) in [6, 6.07) is 11.2. The lowest BCUT2D eigenvalue weighted by Gasteiger charge is -2.17. The van der Waals surface area contributed by atoms with Crippen LogP contribution >= 0.6 is 11.3 Å². The van der Waals surface area contributed by atoms with Gasteiger partial charge in [-0.05, 0) is 48.9 Å². The maximum absolute atomic E-state index is 14.5. The van der Waals surface area contributed by atoms with Gasteiger partial charge in [0, 0.05) is 30.1 Å². The number of halogens is 1. The van der Waals surface area contributed by atoms with E-state index >= 15 is 0 Å². The third kappa shape index (κ3) is 4.76. The maximum atomic E-state index is 14.5. The van der Waals surface area contributed by atoms with Gasteiger partial charge in [-0.3, -0.25) is 4.79 Å². The quantitative estimate of drug-likeness (QED) is 0.596. The zero-order valence-corrected chi connectivity index (χ0v) is 17.6. The minimum atomic E-state index is -0.428. The zero-order chi connectivity index (χ0) is 20.9. The van der Waals surface area contributed by atoms with Crippen molar-refractivity contribution in [2.75, 3.05) is 23.3 Å². The highest BCUT2D eigenvalue weighted by atomic mass is 32.1. The van der Waals surface area contributed by atoms with Crippen LogP contribution < -0.4 is 15.5 Å². The summed E-state index contributed by atoms with van der Waals surface area (Å²) < 4.78 is 14.5. The van der Waals surface area contributed by atoms with Crippen LogP contribution in [-0.4, -0.2) is 29.0 Å². The Hall–Kier alpha value is -3.00. The van der Waals surface area contributed by atoms with Crippen LogP contribution in [0.25, 0.3) is 0 Å². The van der Waals surface area contributed by atoms with E-state index in [1.165, 1.54) is 0 Å². The first kappa shape index (κ1) is 20.3. The number of nitrogens with one attached hydrogen (secondary N) is 2. The number of thiophene rings is 1. The predicted octanol–water partition coefficient (Wildman–Crippen LogP) is 4.13. The molecule has 8 heteroatoms. The Labute approximate surface area is 179 Å². The molecular formula is C22H24FN5OS. The molecule has 0 spiro atoms. The third-order valence-corrected chi connectivity index (χ3v) is 5.95. The number of benzene rings is 1. The molecule has 1 aliphatic heterocycles. The van der Waals surface area contributed by atoms with Crippen molar-refractivity contribution in [3.63, 3.8) is 0 Å². The molecule has 4 rings (SSSR count). The molecule has 1 saturated heterocycles. The van der Waals surface area contributed by atoms with Crippen molar-refractivity contribution >= 4 is 29.0 Å². The van der Waals surface area contributed by atoms with Gasteiger partial charge in [0.25, 0.3) is 5.91 Å². The van der Waals surface area contributed by atoms with Crippen molar-refractivity contribution in [3.8, 4) is 0 Å². The van der Waals surface area contributed by atoms with Gasteiger partial charge in [-0.2, -0.15) is 4.98 Å². The van der Waals surface area contributed by atoms with E-state index in [1.54, 1.807) is 30.4 Å². The summed E-state index contributed by atoms with van der Waals surface area (Å²) in [5.41, 5.74) is 1.87. The first-order valence-corrected chi connectivity index (χ1v) is 10.9. The van der Waals surface area contributed by atoms with E-state index in [0.717, 1.165) is 36.4 Å². The number of aromatic nitrogens is 2. The van der Waals surface area contributed by atoms with Gasteiger partial charge in [0.2, 0.25) is 5.95 Å².